The number of aliphatic carboxylic acids is 1. The van der Waals surface area contributed by atoms with Gasteiger partial charge in [0.05, 0.1) is 35.5 Å². The van der Waals surface area contributed by atoms with Crippen LogP contribution in [-0.2, 0) is 28.9 Å². The van der Waals surface area contributed by atoms with E-state index in [1.54, 1.807) is 33.3 Å². The van der Waals surface area contributed by atoms with Crippen LogP contribution in [0, 0.1) is 0 Å². The molecule has 3 heterocycles. The number of nitrogens with zero attached hydrogens (tertiary/aromatic N) is 4. The number of pyridine rings is 1. The molecule has 2 aromatic heterocycles. The summed E-state index contributed by atoms with van der Waals surface area (Å²) in [6.45, 7) is 1.66. The van der Waals surface area contributed by atoms with Crippen LogP contribution in [0.5, 0.6) is 0 Å². The van der Waals surface area contributed by atoms with E-state index in [1.807, 2.05) is 11.0 Å². The number of halogens is 3. The van der Waals surface area contributed by atoms with Gasteiger partial charge in [-0.25, -0.2) is 4.98 Å². The molecule has 3 aromatic rings. The van der Waals surface area contributed by atoms with Crippen LogP contribution >= 0.6 is 0 Å². The maximum Gasteiger partial charge on any atom is 0.417 e. The molecule has 0 saturated carbocycles. The molecule has 1 aromatic carbocycles. The average Bonchev–Trinajstić information content (AvgIpc) is 3.14. The van der Waals surface area contributed by atoms with Crippen molar-refractivity contribution >= 4 is 34.1 Å². The van der Waals surface area contributed by atoms with Crippen molar-refractivity contribution in [3.05, 3.63) is 54.4 Å². The van der Waals surface area contributed by atoms with E-state index in [2.05, 4.69) is 4.98 Å². The molecule has 0 amide bonds. The molecule has 0 radical (unpaired) electrons. The zero-order valence-corrected chi connectivity index (χ0v) is 17.1. The van der Waals surface area contributed by atoms with E-state index in [4.69, 9.17) is 5.11 Å². The number of hydrogen-bond acceptors (Lipinski definition) is 5. The van der Waals surface area contributed by atoms with E-state index in [9.17, 15) is 22.5 Å². The molecule has 11 heteroatoms. The number of aromatic nitrogens is 2. The molecule has 1 unspecified atom stereocenters. The predicted molar refractivity (Wildman–Crippen MR) is 109 cm³/mol. The van der Waals surface area contributed by atoms with E-state index in [-0.39, 0.29) is 6.54 Å². The first-order valence-corrected chi connectivity index (χ1v) is 10.6. The number of piperazine rings is 1. The van der Waals surface area contributed by atoms with Crippen molar-refractivity contribution in [3.8, 4) is 0 Å². The standard InChI is InChI=1S/C20H19F3N4O3S/c21-20(22,23)15-2-4-18(24-12-15)25-7-9-27(10-8-25)31(30)16-3-1-14-5-6-26(13-19(28)29)17(14)11-16/h1-6,11-12H,7-10,13H2,(H,28,29). The summed E-state index contributed by atoms with van der Waals surface area (Å²) in [4.78, 5) is 17.4. The van der Waals surface area contributed by atoms with E-state index in [0.29, 0.717) is 42.4 Å². The lowest BCUT2D eigenvalue weighted by Crippen LogP contribution is -2.48. The van der Waals surface area contributed by atoms with Gasteiger partial charge in [-0.3, -0.25) is 4.79 Å². The van der Waals surface area contributed by atoms with Crippen molar-refractivity contribution in [3.63, 3.8) is 0 Å². The van der Waals surface area contributed by atoms with E-state index in [0.717, 1.165) is 17.6 Å². The smallest absolute Gasteiger partial charge is 0.417 e. The van der Waals surface area contributed by atoms with Gasteiger partial charge in [-0.15, -0.1) is 4.31 Å². The third-order valence-electron chi connectivity index (χ3n) is 5.12. The first-order valence-electron chi connectivity index (χ1n) is 9.48. The van der Waals surface area contributed by atoms with E-state index < -0.39 is 29.1 Å². The summed E-state index contributed by atoms with van der Waals surface area (Å²) in [7, 11) is 0. The number of anilines is 1. The number of fused-ring (bicyclic) bond motifs is 1. The number of carboxylic acids is 1. The molecule has 0 aliphatic carbocycles. The molecule has 4 rings (SSSR count). The van der Waals surface area contributed by atoms with Crippen molar-refractivity contribution in [2.75, 3.05) is 31.1 Å². The highest BCUT2D eigenvalue weighted by Crippen LogP contribution is 2.30. The highest BCUT2D eigenvalue weighted by Gasteiger charge is 2.32. The van der Waals surface area contributed by atoms with Crippen molar-refractivity contribution < 1.29 is 27.6 Å². The molecule has 1 fully saturated rings. The van der Waals surface area contributed by atoms with Gasteiger partial charge in [0.1, 0.15) is 12.4 Å². The zero-order valence-electron chi connectivity index (χ0n) is 16.2. The Hall–Kier alpha value is -2.76. The number of benzene rings is 1. The van der Waals surface area contributed by atoms with Crippen LogP contribution < -0.4 is 4.90 Å². The normalized spacial score (nSPS) is 16.6. The van der Waals surface area contributed by atoms with Gasteiger partial charge < -0.3 is 19.1 Å². The Balaban J connectivity index is 1.43. The van der Waals surface area contributed by atoms with Gasteiger partial charge in [0, 0.05) is 31.5 Å². The maximum absolute atomic E-state index is 13.0. The van der Waals surface area contributed by atoms with Crippen LogP contribution in [-0.4, -0.2) is 55.7 Å². The van der Waals surface area contributed by atoms with Gasteiger partial charge >= 0.3 is 12.1 Å². The molecule has 31 heavy (non-hydrogen) atoms. The molecule has 1 atom stereocenters. The molecule has 1 aliphatic rings. The van der Waals surface area contributed by atoms with Crippen LogP contribution in [0.15, 0.2) is 53.7 Å². The Kier molecular flexibility index (Phi) is 5.82. The topological polar surface area (TPSA) is 84.7 Å². The molecule has 1 aliphatic heterocycles. The lowest BCUT2D eigenvalue weighted by molar-refractivity contribution is -0.138. The highest BCUT2D eigenvalue weighted by molar-refractivity contribution is 7.89. The lowest BCUT2D eigenvalue weighted by Gasteiger charge is -2.34. The molecule has 0 bridgehead atoms. The van der Waals surface area contributed by atoms with Crippen molar-refractivity contribution in [1.29, 1.82) is 0 Å². The monoisotopic (exact) mass is 452 g/mol. The first kappa shape index (κ1) is 21.5. The Morgan fingerprint density at radius 3 is 2.48 bits per heavy atom. The summed E-state index contributed by atoms with van der Waals surface area (Å²) < 4.78 is 54.5. The third-order valence-corrected chi connectivity index (χ3v) is 6.62. The van der Waals surface area contributed by atoms with Gasteiger partial charge in [-0.2, -0.15) is 13.2 Å². The Morgan fingerprint density at radius 1 is 1.13 bits per heavy atom. The van der Waals surface area contributed by atoms with Crippen LogP contribution in [0.2, 0.25) is 0 Å². The lowest BCUT2D eigenvalue weighted by atomic mass is 10.2. The summed E-state index contributed by atoms with van der Waals surface area (Å²) in [6, 6.07) is 9.46. The predicted octanol–water partition coefficient (Wildman–Crippen LogP) is 2.98. The Morgan fingerprint density at radius 2 is 1.87 bits per heavy atom. The Bertz CT molecular complexity index is 1080. The van der Waals surface area contributed by atoms with Crippen LogP contribution in [0.25, 0.3) is 10.9 Å². The van der Waals surface area contributed by atoms with Gasteiger partial charge in [-0.1, -0.05) is 0 Å². The van der Waals surface area contributed by atoms with Crippen LogP contribution in [0.1, 0.15) is 5.56 Å². The molecule has 7 nitrogen and oxygen atoms in total. The highest BCUT2D eigenvalue weighted by atomic mass is 32.2. The fraction of sp³-hybridized carbons (Fsp3) is 0.300. The van der Waals surface area contributed by atoms with Crippen molar-refractivity contribution in [1.82, 2.24) is 13.9 Å². The minimum atomic E-state index is -4.42. The van der Waals surface area contributed by atoms with Gasteiger partial charge in [0.25, 0.3) is 0 Å². The summed E-state index contributed by atoms with van der Waals surface area (Å²) in [5.74, 6) is -0.511. The second-order valence-corrected chi connectivity index (χ2v) is 8.61. The minimum absolute atomic E-state index is 0.182. The van der Waals surface area contributed by atoms with Crippen LogP contribution in [0.4, 0.5) is 19.0 Å². The number of carboxylic acid groups (broad SMARTS) is 1. The minimum Gasteiger partial charge on any atom is -0.593 e. The summed E-state index contributed by atoms with van der Waals surface area (Å²) >= 11 is -1.44. The molecular weight excluding hydrogens is 433 g/mol. The van der Waals surface area contributed by atoms with Gasteiger partial charge in [-0.05, 0) is 35.7 Å². The number of carbonyl (C=O) groups is 1. The first-order chi connectivity index (χ1) is 14.7. The molecule has 164 valence electrons. The third kappa shape index (κ3) is 4.63. The number of alkyl halides is 3. The SMILES string of the molecule is O=C(O)Cn1ccc2ccc([S+]([O-])N3CCN(c4ccc(C(F)(F)F)cn4)CC3)cc21. The average molecular weight is 452 g/mol. The van der Waals surface area contributed by atoms with E-state index >= 15 is 0 Å². The molecular formula is C20H19F3N4O3S. The largest absolute Gasteiger partial charge is 0.593 e. The second kappa shape index (κ2) is 8.40. The summed E-state index contributed by atoms with van der Waals surface area (Å²) in [5, 5.41) is 9.91. The Labute approximate surface area is 179 Å². The van der Waals surface area contributed by atoms with Crippen LogP contribution in [0.3, 0.4) is 0 Å². The molecule has 1 saturated heterocycles. The fourth-order valence-electron chi connectivity index (χ4n) is 3.53. The molecule has 0 spiro atoms. The summed E-state index contributed by atoms with van der Waals surface area (Å²) in [5.41, 5.74) is -0.0973. The fourth-order valence-corrected chi connectivity index (χ4v) is 4.72. The quantitative estimate of drug-likeness (QED) is 0.600. The maximum atomic E-state index is 13.0. The second-order valence-electron chi connectivity index (χ2n) is 7.13. The van der Waals surface area contributed by atoms with Gasteiger partial charge in [0.15, 0.2) is 4.90 Å². The number of hydrogen-bond donors (Lipinski definition) is 1. The number of rotatable bonds is 5. The summed E-state index contributed by atoms with van der Waals surface area (Å²) in [6.07, 6.45) is -1.92. The van der Waals surface area contributed by atoms with Gasteiger partial charge in [0.2, 0.25) is 0 Å². The van der Waals surface area contributed by atoms with Crippen molar-refractivity contribution in [2.24, 2.45) is 0 Å². The van der Waals surface area contributed by atoms with Crippen molar-refractivity contribution in [2.45, 2.75) is 17.6 Å². The van der Waals surface area contributed by atoms with E-state index in [1.165, 1.54) is 6.07 Å². The zero-order chi connectivity index (χ0) is 22.2. The molecule has 1 N–H and O–H groups in total.